The van der Waals surface area contributed by atoms with Gasteiger partial charge in [0, 0.05) is 7.11 Å². The molecule has 1 unspecified atom stereocenters. The number of nitrogens with zero attached hydrogens (tertiary/aromatic N) is 1. The molecule has 11 heteroatoms. The molecule has 0 bridgehead atoms. The van der Waals surface area contributed by atoms with Gasteiger partial charge in [0.1, 0.15) is 17.4 Å². The molecule has 2 aromatic rings. The van der Waals surface area contributed by atoms with Crippen molar-refractivity contribution in [2.45, 2.75) is 13.2 Å². The van der Waals surface area contributed by atoms with Crippen LogP contribution in [0.5, 0.6) is 5.75 Å². The Morgan fingerprint density at radius 1 is 1.14 bits per heavy atom. The predicted octanol–water partition coefficient (Wildman–Crippen LogP) is 0.572. The van der Waals surface area contributed by atoms with Crippen LogP contribution in [0, 0.1) is 0 Å². The molecule has 1 aromatic carbocycles. The normalized spacial score (nSPS) is 10.2. The van der Waals surface area contributed by atoms with Crippen molar-refractivity contribution >= 4 is 35.4 Å². The molecule has 0 aliphatic rings. The van der Waals surface area contributed by atoms with Crippen molar-refractivity contribution in [1.29, 1.82) is 0 Å². The first-order chi connectivity index (χ1) is 13.8. The number of hydrogen-bond donors (Lipinski definition) is 5. The molecule has 1 aromatic heterocycles. The van der Waals surface area contributed by atoms with Crippen LogP contribution in [0.15, 0.2) is 36.4 Å². The maximum atomic E-state index is 10.8. The van der Waals surface area contributed by atoms with Crippen molar-refractivity contribution < 1.29 is 23.8 Å². The Hall–Kier alpha value is -3.57. The maximum absolute atomic E-state index is 10.8. The largest absolute Gasteiger partial charge is 0.471 e. The summed E-state index contributed by atoms with van der Waals surface area (Å²) in [6.45, 7) is 2.10. The average Bonchev–Trinajstić information content (AvgIpc) is 2.73. The quantitative estimate of drug-likeness (QED) is 0.256. The molecule has 0 saturated heterocycles. The first kappa shape index (κ1) is 25.4. The number of methoxy groups -OCH3 is 2. The number of nitrogen functional groups attached to an aromatic ring is 3. The van der Waals surface area contributed by atoms with Gasteiger partial charge >= 0.3 is 0 Å². The van der Waals surface area contributed by atoms with Crippen LogP contribution in [0.2, 0.25) is 0 Å². The second-order valence-corrected chi connectivity index (χ2v) is 5.21. The highest BCUT2D eigenvalue weighted by Gasteiger charge is 2.03. The number of nitrogens with two attached hydrogens (primary N) is 4. The van der Waals surface area contributed by atoms with Crippen molar-refractivity contribution in [3.8, 4) is 5.75 Å². The number of hydrogen-bond acceptors (Lipinski definition) is 10. The number of carbonyl (C=O) groups excluding carboxylic acids is 2. The van der Waals surface area contributed by atoms with Gasteiger partial charge in [-0.2, -0.15) is 0 Å². The molecule has 1 amide bonds. The van der Waals surface area contributed by atoms with Gasteiger partial charge in [-0.3, -0.25) is 9.59 Å². The van der Waals surface area contributed by atoms with Gasteiger partial charge in [0.05, 0.1) is 25.0 Å². The first-order valence-electron chi connectivity index (χ1n) is 8.31. The summed E-state index contributed by atoms with van der Waals surface area (Å²) in [6.07, 6.45) is -0.269. The van der Waals surface area contributed by atoms with Gasteiger partial charge < -0.3 is 42.5 Å². The standard InChI is InChI=1S/C9H13NO2.C7H11N5O.C2H4O2/c1-7(11-2)12-9-6-4-3-5-8(9)10;8-3-6(13)11-5-2-1-4(9)7(10)12-5;1-4-2-3/h3-7H,10H2,1-2H3;1-2H,3,8-9H2,(H3,10,11,12,13);2H,1H3. The van der Waals surface area contributed by atoms with Gasteiger partial charge in [0.25, 0.3) is 6.47 Å². The second kappa shape index (κ2) is 14.5. The summed E-state index contributed by atoms with van der Waals surface area (Å²) >= 11 is 0. The van der Waals surface area contributed by atoms with E-state index in [9.17, 15) is 4.79 Å². The fraction of sp³-hybridized carbons (Fsp3) is 0.278. The number of ether oxygens (including phenoxy) is 3. The summed E-state index contributed by atoms with van der Waals surface area (Å²) in [4.78, 5) is 23.6. The Bertz CT molecular complexity index is 759. The van der Waals surface area contributed by atoms with Crippen molar-refractivity contribution in [3.63, 3.8) is 0 Å². The summed E-state index contributed by atoms with van der Waals surface area (Å²) in [7, 11) is 2.90. The third-order valence-electron chi connectivity index (χ3n) is 3.05. The van der Waals surface area contributed by atoms with Gasteiger partial charge in [0.2, 0.25) is 5.91 Å². The number of anilines is 4. The molecule has 160 valence electrons. The Kier molecular flexibility index (Phi) is 12.7. The van der Waals surface area contributed by atoms with E-state index in [-0.39, 0.29) is 24.6 Å². The molecular formula is C18H28N6O5. The number of rotatable bonds is 6. The molecule has 2 rings (SSSR count). The average molecular weight is 408 g/mol. The molecule has 9 N–H and O–H groups in total. The monoisotopic (exact) mass is 408 g/mol. The lowest BCUT2D eigenvalue weighted by Gasteiger charge is -2.13. The van der Waals surface area contributed by atoms with Crippen LogP contribution in [-0.2, 0) is 19.1 Å². The van der Waals surface area contributed by atoms with Crippen LogP contribution in [0.25, 0.3) is 0 Å². The third kappa shape index (κ3) is 11.0. The SMILES string of the molecule is COC(C)Oc1ccccc1N.COC=O.NCC(=O)Nc1ccc(N)c(N)n1. The summed E-state index contributed by atoms with van der Waals surface area (Å²) < 4.78 is 14.1. The molecule has 0 spiro atoms. The van der Waals surface area contributed by atoms with Gasteiger partial charge in [-0.1, -0.05) is 12.1 Å². The van der Waals surface area contributed by atoms with E-state index in [4.69, 9.17) is 37.2 Å². The molecule has 0 fully saturated rings. The predicted molar refractivity (Wildman–Crippen MR) is 112 cm³/mol. The molecule has 0 aliphatic carbocycles. The lowest BCUT2D eigenvalue weighted by atomic mass is 10.3. The number of aromatic nitrogens is 1. The lowest BCUT2D eigenvalue weighted by molar-refractivity contribution is -0.126. The number of benzene rings is 1. The summed E-state index contributed by atoms with van der Waals surface area (Å²) in [5, 5.41) is 2.45. The van der Waals surface area contributed by atoms with Crippen molar-refractivity contribution in [2.24, 2.45) is 5.73 Å². The first-order valence-corrected chi connectivity index (χ1v) is 8.31. The minimum Gasteiger partial charge on any atom is -0.471 e. The summed E-state index contributed by atoms with van der Waals surface area (Å²) in [5.74, 6) is 0.875. The highest BCUT2D eigenvalue weighted by atomic mass is 16.7. The molecule has 29 heavy (non-hydrogen) atoms. The molecule has 11 nitrogen and oxygen atoms in total. The van der Waals surface area contributed by atoms with E-state index in [1.54, 1.807) is 25.3 Å². The zero-order valence-electron chi connectivity index (χ0n) is 16.6. The fourth-order valence-electron chi connectivity index (χ4n) is 1.56. The number of pyridine rings is 1. The smallest absolute Gasteiger partial charge is 0.292 e. The van der Waals surface area contributed by atoms with Crippen molar-refractivity contribution in [1.82, 2.24) is 4.98 Å². The molecular weight excluding hydrogens is 380 g/mol. The van der Waals surface area contributed by atoms with Crippen molar-refractivity contribution in [3.05, 3.63) is 36.4 Å². The van der Waals surface area contributed by atoms with Crippen LogP contribution in [0.4, 0.5) is 23.0 Å². The molecule has 0 saturated carbocycles. The molecule has 1 heterocycles. The Balaban J connectivity index is 0.000000459. The van der Waals surface area contributed by atoms with Gasteiger partial charge in [-0.05, 0) is 31.2 Å². The lowest BCUT2D eigenvalue weighted by Crippen LogP contribution is -2.22. The van der Waals surface area contributed by atoms with E-state index in [0.717, 1.165) is 0 Å². The number of nitrogens with one attached hydrogen (secondary N) is 1. The minimum atomic E-state index is -0.323. The van der Waals surface area contributed by atoms with Crippen LogP contribution >= 0.6 is 0 Å². The Labute approximate surface area is 169 Å². The van der Waals surface area contributed by atoms with E-state index in [1.807, 2.05) is 25.1 Å². The number of para-hydroxylation sites is 2. The van der Waals surface area contributed by atoms with Crippen LogP contribution < -0.4 is 33.0 Å². The summed E-state index contributed by atoms with van der Waals surface area (Å²) in [5.41, 5.74) is 22.6. The van der Waals surface area contributed by atoms with E-state index in [0.29, 0.717) is 29.4 Å². The Morgan fingerprint density at radius 3 is 2.24 bits per heavy atom. The molecule has 0 aliphatic heterocycles. The fourth-order valence-corrected chi connectivity index (χ4v) is 1.56. The highest BCUT2D eigenvalue weighted by Crippen LogP contribution is 2.20. The van der Waals surface area contributed by atoms with Crippen LogP contribution in [0.3, 0.4) is 0 Å². The maximum Gasteiger partial charge on any atom is 0.292 e. The van der Waals surface area contributed by atoms with Crippen molar-refractivity contribution in [2.75, 3.05) is 43.3 Å². The van der Waals surface area contributed by atoms with Gasteiger partial charge in [-0.15, -0.1) is 0 Å². The number of carbonyl (C=O) groups is 2. The topological polar surface area (TPSA) is 191 Å². The van der Waals surface area contributed by atoms with Crippen LogP contribution in [-0.4, -0.2) is 44.4 Å². The Morgan fingerprint density at radius 2 is 1.76 bits per heavy atom. The zero-order valence-corrected chi connectivity index (χ0v) is 16.6. The third-order valence-corrected chi connectivity index (χ3v) is 3.05. The van der Waals surface area contributed by atoms with E-state index in [1.165, 1.54) is 7.11 Å². The number of amides is 1. The molecule has 0 radical (unpaired) electrons. The highest BCUT2D eigenvalue weighted by molar-refractivity contribution is 5.91. The minimum absolute atomic E-state index is 0.0913. The van der Waals surface area contributed by atoms with Crippen LogP contribution in [0.1, 0.15) is 6.92 Å². The summed E-state index contributed by atoms with van der Waals surface area (Å²) in [6, 6.07) is 10.4. The van der Waals surface area contributed by atoms with E-state index >= 15 is 0 Å². The van der Waals surface area contributed by atoms with Gasteiger partial charge in [-0.25, -0.2) is 4.98 Å². The molecule has 1 atom stereocenters. The second-order valence-electron chi connectivity index (χ2n) is 5.21. The van der Waals surface area contributed by atoms with E-state index < -0.39 is 0 Å². The van der Waals surface area contributed by atoms with E-state index in [2.05, 4.69) is 15.0 Å². The zero-order chi connectivity index (χ0) is 22.2. The van der Waals surface area contributed by atoms with Gasteiger partial charge in [0.15, 0.2) is 6.29 Å².